The van der Waals surface area contributed by atoms with Crippen molar-refractivity contribution in [2.45, 2.75) is 39.2 Å². The van der Waals surface area contributed by atoms with E-state index in [9.17, 15) is 4.79 Å². The van der Waals surface area contributed by atoms with Crippen molar-refractivity contribution in [2.24, 2.45) is 0 Å². The van der Waals surface area contributed by atoms with Crippen LogP contribution in [0.2, 0.25) is 0 Å². The molecule has 1 aliphatic heterocycles. The van der Waals surface area contributed by atoms with Crippen LogP contribution < -0.4 is 14.4 Å². The number of benzene rings is 1. The van der Waals surface area contributed by atoms with E-state index in [2.05, 4.69) is 6.42 Å². The second kappa shape index (κ2) is 5.35. The lowest BCUT2D eigenvalue weighted by molar-refractivity contribution is -0.119. The third-order valence-corrected chi connectivity index (χ3v) is 3.32. The molecule has 0 saturated heterocycles. The number of fused-ring (bicyclic) bond motifs is 1. The molecule has 1 aromatic carbocycles. The molecule has 1 aromatic rings. The van der Waals surface area contributed by atoms with Crippen LogP contribution in [0, 0.1) is 6.42 Å². The molecule has 1 amide bonds. The molecule has 0 N–H and O–H groups in total. The number of amides is 1. The van der Waals surface area contributed by atoms with Gasteiger partial charge in [0, 0.05) is 24.4 Å². The van der Waals surface area contributed by atoms with Gasteiger partial charge in [0.1, 0.15) is 0 Å². The van der Waals surface area contributed by atoms with E-state index < -0.39 is 0 Å². The van der Waals surface area contributed by atoms with Gasteiger partial charge in [-0.25, -0.2) is 0 Å². The fourth-order valence-corrected chi connectivity index (χ4v) is 2.48. The molecule has 0 fully saturated rings. The maximum absolute atomic E-state index is 12.4. The maximum Gasteiger partial charge on any atom is 0.227 e. The van der Waals surface area contributed by atoms with Gasteiger partial charge in [-0.15, -0.1) is 0 Å². The Labute approximate surface area is 120 Å². The van der Waals surface area contributed by atoms with Crippen molar-refractivity contribution < 1.29 is 14.3 Å². The Morgan fingerprint density at radius 2 is 1.75 bits per heavy atom. The summed E-state index contributed by atoms with van der Waals surface area (Å²) in [6, 6.07) is 3.74. The second-order valence-electron chi connectivity index (χ2n) is 5.80. The van der Waals surface area contributed by atoms with E-state index in [1.165, 1.54) is 0 Å². The van der Waals surface area contributed by atoms with Gasteiger partial charge in [0.05, 0.1) is 19.9 Å². The van der Waals surface area contributed by atoms with Crippen molar-refractivity contribution in [1.82, 2.24) is 0 Å². The van der Waals surface area contributed by atoms with Crippen molar-refractivity contribution in [3.05, 3.63) is 24.1 Å². The first-order valence-corrected chi connectivity index (χ1v) is 6.71. The Balaban J connectivity index is 2.62. The van der Waals surface area contributed by atoms with Gasteiger partial charge in [-0.1, -0.05) is 0 Å². The molecule has 1 heterocycles. The molecule has 0 unspecified atom stereocenters. The molecule has 1 aliphatic rings. The minimum atomic E-state index is -0.294. The van der Waals surface area contributed by atoms with Crippen molar-refractivity contribution >= 4 is 11.6 Å². The van der Waals surface area contributed by atoms with Crippen molar-refractivity contribution in [1.29, 1.82) is 0 Å². The van der Waals surface area contributed by atoms with Crippen LogP contribution in [0.3, 0.4) is 0 Å². The number of methoxy groups -OCH3 is 2. The van der Waals surface area contributed by atoms with E-state index >= 15 is 0 Å². The smallest absolute Gasteiger partial charge is 0.227 e. The van der Waals surface area contributed by atoms with Crippen LogP contribution in [0.4, 0.5) is 5.69 Å². The number of ether oxygens (including phenoxy) is 2. The Bertz CT molecular complexity index is 517. The minimum Gasteiger partial charge on any atom is -0.493 e. The van der Waals surface area contributed by atoms with Crippen LogP contribution in [0.1, 0.15) is 39.2 Å². The summed E-state index contributed by atoms with van der Waals surface area (Å²) >= 11 is 0. The third-order valence-electron chi connectivity index (χ3n) is 3.32. The highest BCUT2D eigenvalue weighted by molar-refractivity contribution is 5.97. The minimum absolute atomic E-state index is 0.107. The summed E-state index contributed by atoms with van der Waals surface area (Å²) in [6.45, 7) is 6.07. The Morgan fingerprint density at radius 3 is 2.30 bits per heavy atom. The topological polar surface area (TPSA) is 38.8 Å². The van der Waals surface area contributed by atoms with Crippen molar-refractivity contribution in [3.63, 3.8) is 0 Å². The molecule has 4 nitrogen and oxygen atoms in total. The molecule has 0 saturated carbocycles. The molecule has 4 heteroatoms. The summed E-state index contributed by atoms with van der Waals surface area (Å²) in [5.74, 6) is 1.38. The standard InChI is InChI=1S/C16H21NO3/c1-16(2,3)17-12-10-14(20-5)13(19-4)9-11(12)7-6-8-15(17)18/h9-10H,6,8H2,1-5H3. The van der Waals surface area contributed by atoms with Crippen LogP contribution >= 0.6 is 0 Å². The van der Waals surface area contributed by atoms with E-state index in [1.54, 1.807) is 14.2 Å². The number of nitrogens with zero attached hydrogens (tertiary/aromatic N) is 1. The molecule has 0 aromatic heterocycles. The second-order valence-corrected chi connectivity index (χ2v) is 5.80. The molecule has 2 radical (unpaired) electrons. The zero-order valence-electron chi connectivity index (χ0n) is 12.7. The average Bonchev–Trinajstić information content (AvgIpc) is 2.53. The van der Waals surface area contributed by atoms with Gasteiger partial charge in [-0.3, -0.25) is 4.79 Å². The SMILES string of the molecule is COc1cc2c(cc1OC)N(C(C)(C)C)C(=O)CC[C]2. The molecular weight excluding hydrogens is 254 g/mol. The average molecular weight is 275 g/mol. The Hall–Kier alpha value is -1.71. The predicted molar refractivity (Wildman–Crippen MR) is 78.4 cm³/mol. The molecule has 0 spiro atoms. The molecule has 2 rings (SSSR count). The molecule has 0 aliphatic carbocycles. The number of hydrogen-bond acceptors (Lipinski definition) is 3. The molecular formula is C16H21NO3. The van der Waals surface area contributed by atoms with Gasteiger partial charge in [0.2, 0.25) is 5.91 Å². The van der Waals surface area contributed by atoms with Crippen LogP contribution in [-0.4, -0.2) is 25.7 Å². The van der Waals surface area contributed by atoms with Crippen LogP contribution in [-0.2, 0) is 4.79 Å². The zero-order valence-corrected chi connectivity index (χ0v) is 12.7. The fourth-order valence-electron chi connectivity index (χ4n) is 2.48. The number of rotatable bonds is 2. The highest BCUT2D eigenvalue weighted by Gasteiger charge is 2.32. The van der Waals surface area contributed by atoms with Gasteiger partial charge in [0.25, 0.3) is 0 Å². The predicted octanol–water partition coefficient (Wildman–Crippen LogP) is 3.06. The Morgan fingerprint density at radius 1 is 1.15 bits per heavy atom. The van der Waals surface area contributed by atoms with E-state index in [4.69, 9.17) is 9.47 Å². The van der Waals surface area contributed by atoms with Gasteiger partial charge >= 0.3 is 0 Å². The first kappa shape index (κ1) is 14.7. The summed E-state index contributed by atoms with van der Waals surface area (Å²) in [4.78, 5) is 14.2. The van der Waals surface area contributed by atoms with Crippen LogP contribution in [0.15, 0.2) is 12.1 Å². The van der Waals surface area contributed by atoms with Gasteiger partial charge < -0.3 is 14.4 Å². The van der Waals surface area contributed by atoms with Crippen molar-refractivity contribution in [2.75, 3.05) is 19.1 Å². The molecule has 108 valence electrons. The number of carbonyl (C=O) groups is 1. The number of carbonyl (C=O) groups excluding carboxylic acids is 1. The van der Waals surface area contributed by atoms with E-state index in [-0.39, 0.29) is 11.4 Å². The lowest BCUT2D eigenvalue weighted by Gasteiger charge is -2.36. The van der Waals surface area contributed by atoms with Gasteiger partial charge in [0.15, 0.2) is 11.5 Å². The summed E-state index contributed by atoms with van der Waals surface area (Å²) in [6.07, 6.45) is 4.37. The maximum atomic E-state index is 12.4. The van der Waals surface area contributed by atoms with Crippen LogP contribution in [0.5, 0.6) is 11.5 Å². The normalized spacial score (nSPS) is 15.7. The quantitative estimate of drug-likeness (QED) is 0.832. The van der Waals surface area contributed by atoms with Gasteiger partial charge in [-0.2, -0.15) is 0 Å². The zero-order chi connectivity index (χ0) is 14.9. The first-order chi connectivity index (χ1) is 9.38. The fraction of sp³-hybridized carbons (Fsp3) is 0.500. The van der Waals surface area contributed by atoms with Gasteiger partial charge in [-0.05, 0) is 38.8 Å². The lowest BCUT2D eigenvalue weighted by Crippen LogP contribution is -2.45. The largest absolute Gasteiger partial charge is 0.493 e. The monoisotopic (exact) mass is 275 g/mol. The van der Waals surface area contributed by atoms with Crippen molar-refractivity contribution in [3.8, 4) is 11.5 Å². The Kier molecular flexibility index (Phi) is 3.93. The van der Waals surface area contributed by atoms with E-state index in [1.807, 2.05) is 37.8 Å². The summed E-state index contributed by atoms with van der Waals surface area (Å²) < 4.78 is 10.7. The third kappa shape index (κ3) is 2.60. The summed E-state index contributed by atoms with van der Waals surface area (Å²) in [7, 11) is 3.20. The highest BCUT2D eigenvalue weighted by atomic mass is 16.5. The van der Waals surface area contributed by atoms with E-state index in [0.29, 0.717) is 24.3 Å². The summed E-state index contributed by atoms with van der Waals surface area (Å²) in [5.41, 5.74) is 1.43. The van der Waals surface area contributed by atoms with Crippen LogP contribution in [0.25, 0.3) is 0 Å². The lowest BCUT2D eigenvalue weighted by atomic mass is 10.0. The van der Waals surface area contributed by atoms with E-state index in [0.717, 1.165) is 11.3 Å². The highest BCUT2D eigenvalue weighted by Crippen LogP contribution is 2.40. The number of hydrogen-bond donors (Lipinski definition) is 0. The molecule has 0 bridgehead atoms. The first-order valence-electron chi connectivity index (χ1n) is 6.71. The molecule has 0 atom stereocenters. The summed E-state index contributed by atoms with van der Waals surface area (Å²) in [5, 5.41) is 0. The molecule has 20 heavy (non-hydrogen) atoms. The number of anilines is 1.